The summed E-state index contributed by atoms with van der Waals surface area (Å²) in [7, 11) is 0. The third-order valence-corrected chi connectivity index (χ3v) is 3.28. The van der Waals surface area contributed by atoms with Crippen LogP contribution < -0.4 is 5.32 Å². The van der Waals surface area contributed by atoms with Crippen molar-refractivity contribution in [3.63, 3.8) is 0 Å². The molecule has 2 rings (SSSR count). The maximum Gasteiger partial charge on any atom is 0.408 e. The van der Waals surface area contributed by atoms with Crippen LogP contribution in [0, 0.1) is 0 Å². The first-order valence-electron chi connectivity index (χ1n) is 6.09. The van der Waals surface area contributed by atoms with Gasteiger partial charge in [0.05, 0.1) is 6.54 Å². The Morgan fingerprint density at radius 3 is 2.75 bits per heavy atom. The van der Waals surface area contributed by atoms with Crippen molar-refractivity contribution in [2.75, 3.05) is 0 Å². The summed E-state index contributed by atoms with van der Waals surface area (Å²) < 4.78 is 11.6. The number of rotatable bonds is 2. The normalized spacial score (nSPS) is 11.7. The molecule has 1 aromatic carbocycles. The molecule has 0 aliphatic carbocycles. The van der Waals surface area contributed by atoms with Crippen molar-refractivity contribution in [2.45, 2.75) is 32.9 Å². The van der Waals surface area contributed by atoms with Gasteiger partial charge in [0.1, 0.15) is 16.9 Å². The van der Waals surface area contributed by atoms with Gasteiger partial charge in [0, 0.05) is 20.9 Å². The van der Waals surface area contributed by atoms with Crippen molar-refractivity contribution in [2.24, 2.45) is 0 Å². The van der Waals surface area contributed by atoms with Gasteiger partial charge < -0.3 is 14.5 Å². The van der Waals surface area contributed by atoms with Gasteiger partial charge in [0.25, 0.3) is 0 Å². The second-order valence-electron chi connectivity index (χ2n) is 5.37. The molecule has 0 saturated heterocycles. The third-order valence-electron chi connectivity index (χ3n) is 2.41. The van der Waals surface area contributed by atoms with Crippen molar-refractivity contribution in [1.29, 1.82) is 0 Å². The van der Waals surface area contributed by atoms with Gasteiger partial charge in [-0.05, 0) is 48.8 Å². The zero-order valence-corrected chi connectivity index (χ0v) is 13.8. The van der Waals surface area contributed by atoms with Crippen LogP contribution in [-0.4, -0.2) is 11.7 Å². The Balaban J connectivity index is 2.08. The molecule has 1 aromatic heterocycles. The summed E-state index contributed by atoms with van der Waals surface area (Å²) in [5, 5.41) is 4.15. The first-order chi connectivity index (χ1) is 9.24. The van der Waals surface area contributed by atoms with E-state index in [-0.39, 0.29) is 6.54 Å². The molecule has 108 valence electrons. The summed E-state index contributed by atoms with van der Waals surface area (Å²) in [6, 6.07) is 5.39. The lowest BCUT2D eigenvalue weighted by atomic mass is 10.2. The van der Waals surface area contributed by atoms with E-state index in [4.69, 9.17) is 20.8 Å². The molecule has 0 bridgehead atoms. The van der Waals surface area contributed by atoms with Crippen LogP contribution in [0.1, 0.15) is 26.5 Å². The zero-order chi connectivity index (χ0) is 14.9. The predicted octanol–water partition coefficient (Wildman–Crippen LogP) is 4.87. The molecule has 20 heavy (non-hydrogen) atoms. The Kier molecular flexibility index (Phi) is 4.30. The number of alkyl carbamates (subject to hydrolysis) is 1. The minimum atomic E-state index is -0.519. The van der Waals surface area contributed by atoms with Crippen molar-refractivity contribution < 1.29 is 13.9 Å². The molecule has 4 nitrogen and oxygen atoms in total. The van der Waals surface area contributed by atoms with Crippen molar-refractivity contribution in [3.05, 3.63) is 33.5 Å². The Bertz CT molecular complexity index is 646. The van der Waals surface area contributed by atoms with Crippen molar-refractivity contribution in [1.82, 2.24) is 5.32 Å². The number of hydrogen-bond donors (Lipinski definition) is 1. The highest BCUT2D eigenvalue weighted by Crippen LogP contribution is 2.30. The number of benzene rings is 1. The fourth-order valence-corrected chi connectivity index (χ4v) is 2.57. The van der Waals surface area contributed by atoms with E-state index in [2.05, 4.69) is 21.2 Å². The number of hydrogen-bond acceptors (Lipinski definition) is 3. The second kappa shape index (κ2) is 5.66. The van der Waals surface area contributed by atoms with Gasteiger partial charge in [-0.15, -0.1) is 0 Å². The first-order valence-corrected chi connectivity index (χ1v) is 7.26. The molecule has 0 aliphatic heterocycles. The molecular formula is C14H15BrClNO3. The van der Waals surface area contributed by atoms with Gasteiger partial charge in [0.15, 0.2) is 0 Å². The van der Waals surface area contributed by atoms with Crippen LogP contribution in [0.25, 0.3) is 11.0 Å². The van der Waals surface area contributed by atoms with Crippen molar-refractivity contribution in [3.8, 4) is 0 Å². The fraction of sp³-hybridized carbons (Fsp3) is 0.357. The SMILES string of the molecule is CC(C)(C)OC(=O)NCc1cc2c(Br)cc(Cl)cc2o1. The molecule has 1 N–H and O–H groups in total. The molecule has 0 spiro atoms. The van der Waals surface area contributed by atoms with E-state index in [0.717, 1.165) is 9.86 Å². The average Bonchev–Trinajstić information content (AvgIpc) is 2.67. The lowest BCUT2D eigenvalue weighted by molar-refractivity contribution is 0.0520. The second-order valence-corrected chi connectivity index (χ2v) is 6.66. The Hall–Kier alpha value is -1.20. The fourth-order valence-electron chi connectivity index (χ4n) is 1.68. The van der Waals surface area contributed by atoms with Crippen LogP contribution >= 0.6 is 27.5 Å². The lowest BCUT2D eigenvalue weighted by Crippen LogP contribution is -2.32. The quantitative estimate of drug-likeness (QED) is 0.831. The summed E-state index contributed by atoms with van der Waals surface area (Å²) in [5.74, 6) is 0.633. The number of furan rings is 1. The summed E-state index contributed by atoms with van der Waals surface area (Å²) in [6.45, 7) is 5.69. The summed E-state index contributed by atoms with van der Waals surface area (Å²) in [6.07, 6.45) is -0.477. The maximum absolute atomic E-state index is 11.6. The molecule has 0 unspecified atom stereocenters. The molecule has 1 heterocycles. The summed E-state index contributed by atoms with van der Waals surface area (Å²) in [5.41, 5.74) is 0.152. The van der Waals surface area contributed by atoms with E-state index in [1.54, 1.807) is 12.1 Å². The maximum atomic E-state index is 11.6. The monoisotopic (exact) mass is 359 g/mol. The molecule has 2 aromatic rings. The number of carbonyl (C=O) groups is 1. The number of nitrogens with one attached hydrogen (secondary N) is 1. The van der Waals surface area contributed by atoms with E-state index < -0.39 is 11.7 Å². The highest BCUT2D eigenvalue weighted by atomic mass is 79.9. The van der Waals surface area contributed by atoms with E-state index >= 15 is 0 Å². The van der Waals surface area contributed by atoms with E-state index in [1.807, 2.05) is 26.8 Å². The minimum Gasteiger partial charge on any atom is -0.459 e. The number of amides is 1. The first kappa shape index (κ1) is 15.2. The smallest absolute Gasteiger partial charge is 0.408 e. The molecule has 0 aliphatic rings. The molecule has 1 amide bonds. The molecule has 6 heteroatoms. The number of ether oxygens (including phenoxy) is 1. The summed E-state index contributed by atoms with van der Waals surface area (Å²) in [4.78, 5) is 11.6. The molecular weight excluding hydrogens is 346 g/mol. The van der Waals surface area contributed by atoms with Crippen LogP contribution in [0.2, 0.25) is 5.02 Å². The largest absolute Gasteiger partial charge is 0.459 e. The Morgan fingerprint density at radius 1 is 1.40 bits per heavy atom. The number of fused-ring (bicyclic) bond motifs is 1. The Labute approximate surface area is 130 Å². The van der Waals surface area contributed by atoms with Crippen LogP contribution in [0.4, 0.5) is 4.79 Å². The van der Waals surface area contributed by atoms with Crippen LogP contribution in [-0.2, 0) is 11.3 Å². The van der Waals surface area contributed by atoms with Gasteiger partial charge >= 0.3 is 6.09 Å². The van der Waals surface area contributed by atoms with E-state index in [9.17, 15) is 4.79 Å². The van der Waals surface area contributed by atoms with Crippen LogP contribution in [0.5, 0.6) is 0 Å². The minimum absolute atomic E-state index is 0.258. The molecule has 0 atom stereocenters. The standard InChI is InChI=1S/C14H15BrClNO3/c1-14(2,3)20-13(18)17-7-9-6-10-11(15)4-8(16)5-12(10)19-9/h4-6H,7H2,1-3H3,(H,17,18). The van der Waals surface area contributed by atoms with Crippen LogP contribution in [0.15, 0.2) is 27.1 Å². The van der Waals surface area contributed by atoms with Gasteiger partial charge in [-0.2, -0.15) is 0 Å². The highest BCUT2D eigenvalue weighted by molar-refractivity contribution is 9.10. The predicted molar refractivity (Wildman–Crippen MR) is 82.0 cm³/mol. The average molecular weight is 361 g/mol. The van der Waals surface area contributed by atoms with Crippen LogP contribution in [0.3, 0.4) is 0 Å². The molecule has 0 saturated carbocycles. The number of halogens is 2. The molecule has 0 fully saturated rings. The van der Waals surface area contributed by atoms with E-state index in [1.165, 1.54) is 0 Å². The lowest BCUT2D eigenvalue weighted by Gasteiger charge is -2.19. The van der Waals surface area contributed by atoms with Gasteiger partial charge in [-0.1, -0.05) is 11.6 Å². The number of carbonyl (C=O) groups excluding carboxylic acids is 1. The third kappa shape index (κ3) is 3.90. The molecule has 0 radical (unpaired) electrons. The Morgan fingerprint density at radius 2 is 2.10 bits per heavy atom. The van der Waals surface area contributed by atoms with Gasteiger partial charge in [-0.25, -0.2) is 4.79 Å². The van der Waals surface area contributed by atoms with E-state index in [0.29, 0.717) is 16.4 Å². The summed E-state index contributed by atoms with van der Waals surface area (Å²) >= 11 is 9.38. The van der Waals surface area contributed by atoms with Gasteiger partial charge in [-0.3, -0.25) is 0 Å². The van der Waals surface area contributed by atoms with Crippen molar-refractivity contribution >= 4 is 44.6 Å². The zero-order valence-electron chi connectivity index (χ0n) is 11.4. The highest BCUT2D eigenvalue weighted by Gasteiger charge is 2.16. The van der Waals surface area contributed by atoms with Gasteiger partial charge in [0.2, 0.25) is 0 Å². The topological polar surface area (TPSA) is 51.5 Å².